The average Bonchev–Trinajstić information content (AvgIpc) is 2.66. The minimum atomic E-state index is -0.157. The molecule has 0 unspecified atom stereocenters. The van der Waals surface area contributed by atoms with Gasteiger partial charge in [-0.3, -0.25) is 13.7 Å². The van der Waals surface area contributed by atoms with Gasteiger partial charge in [-0.2, -0.15) is 0 Å². The Bertz CT molecular complexity index is 1500. The van der Waals surface area contributed by atoms with Gasteiger partial charge >= 0.3 is 0 Å². The topological polar surface area (TPSA) is 54.9 Å². The number of halogens is 2. The van der Waals surface area contributed by atoms with E-state index in [1.165, 1.54) is 4.09 Å². The third kappa shape index (κ3) is 1.97. The van der Waals surface area contributed by atoms with Crippen LogP contribution >= 0.6 is 23.4 Å². The van der Waals surface area contributed by atoms with Crippen molar-refractivity contribution in [1.29, 1.82) is 0 Å². The predicted molar refractivity (Wildman–Crippen MR) is 108 cm³/mol. The highest BCUT2D eigenvalue weighted by atomic mass is 35.5. The van der Waals surface area contributed by atoms with E-state index in [9.17, 15) is 9.59 Å². The zero-order valence-electron chi connectivity index (χ0n) is 13.2. The van der Waals surface area contributed by atoms with Crippen molar-refractivity contribution < 1.29 is 0 Å². The molecule has 0 saturated carbocycles. The van der Waals surface area contributed by atoms with E-state index in [0.29, 0.717) is 48.6 Å². The molecule has 2 aromatic heterocycles. The average molecular weight is 381 g/mol. The summed E-state index contributed by atoms with van der Waals surface area (Å²) in [5, 5.41) is 2.36. The van der Waals surface area contributed by atoms with Crippen LogP contribution in [0.5, 0.6) is 0 Å². The van der Waals surface area contributed by atoms with E-state index in [2.05, 4.69) is 4.98 Å². The summed E-state index contributed by atoms with van der Waals surface area (Å²) >= 11 is 12.7. The molecule has 6 heteroatoms. The monoisotopic (exact) mass is 380 g/mol. The molecule has 26 heavy (non-hydrogen) atoms. The second-order valence-corrected chi connectivity index (χ2v) is 6.90. The Morgan fingerprint density at radius 3 is 2.35 bits per heavy atom. The molecule has 0 aliphatic heterocycles. The van der Waals surface area contributed by atoms with Crippen LogP contribution in [-0.2, 0) is 0 Å². The van der Waals surface area contributed by atoms with Crippen LogP contribution in [0.15, 0.2) is 64.2 Å². The minimum absolute atomic E-state index is 0.130. The molecule has 0 aliphatic rings. The Morgan fingerprint density at radius 1 is 0.769 bits per heavy atom. The first-order valence-electron chi connectivity index (χ1n) is 7.94. The van der Waals surface area contributed by atoms with Gasteiger partial charge in [-0.25, -0.2) is 0 Å². The van der Waals surface area contributed by atoms with E-state index >= 15 is 0 Å². The van der Waals surface area contributed by atoms with Gasteiger partial charge in [0.15, 0.2) is 10.9 Å². The Hall–Kier alpha value is -2.82. The Morgan fingerprint density at radius 2 is 1.50 bits per heavy atom. The summed E-state index contributed by atoms with van der Waals surface area (Å²) in [5.74, 6) is 0. The summed E-state index contributed by atoms with van der Waals surface area (Å²) in [7, 11) is 0. The molecule has 0 spiro atoms. The highest BCUT2D eigenvalue weighted by molar-refractivity contribution is 6.35. The molecule has 0 radical (unpaired) electrons. The summed E-state index contributed by atoms with van der Waals surface area (Å²) < 4.78 is 1.42. The maximum atomic E-state index is 12.9. The molecule has 0 aliphatic carbocycles. The number of hydrogen-bond acceptors (Lipinski definition) is 2. The van der Waals surface area contributed by atoms with Gasteiger partial charge in [-0.1, -0.05) is 29.8 Å². The number of benzene rings is 3. The third-order valence-electron chi connectivity index (χ3n) is 4.71. The standard InChI is InChI=1S/C20H10Cl2N2O2/c21-14-6-3-5-11-18(14)23-15-8-13-17(9-12(15)20(11)26)24(22)16-7-2-1-4-10(16)19(13)25/h1-9H,(H,23,26). The van der Waals surface area contributed by atoms with Crippen LogP contribution in [0.2, 0.25) is 5.02 Å². The van der Waals surface area contributed by atoms with E-state index < -0.39 is 0 Å². The number of fused-ring (bicyclic) bond motifs is 4. The van der Waals surface area contributed by atoms with Crippen molar-refractivity contribution in [2.24, 2.45) is 0 Å². The van der Waals surface area contributed by atoms with Crippen LogP contribution in [0, 0.1) is 0 Å². The van der Waals surface area contributed by atoms with Gasteiger partial charge in [0.2, 0.25) is 0 Å². The summed E-state index contributed by atoms with van der Waals surface area (Å²) in [6.45, 7) is 0. The quantitative estimate of drug-likeness (QED) is 0.392. The number of H-pyrrole nitrogens is 1. The molecular weight excluding hydrogens is 371 g/mol. The molecular formula is C20H10Cl2N2O2. The van der Waals surface area contributed by atoms with Crippen molar-refractivity contribution in [2.45, 2.75) is 0 Å². The summed E-state index contributed by atoms with van der Waals surface area (Å²) in [6.07, 6.45) is 0. The highest BCUT2D eigenvalue weighted by Crippen LogP contribution is 2.26. The largest absolute Gasteiger partial charge is 0.353 e. The van der Waals surface area contributed by atoms with E-state index in [4.69, 9.17) is 23.4 Å². The summed E-state index contributed by atoms with van der Waals surface area (Å²) in [6, 6.07) is 15.6. The zero-order valence-corrected chi connectivity index (χ0v) is 14.7. The molecule has 5 rings (SSSR count). The number of aromatic nitrogens is 2. The van der Waals surface area contributed by atoms with Crippen molar-refractivity contribution in [2.75, 3.05) is 0 Å². The van der Waals surface area contributed by atoms with Crippen LogP contribution in [-0.4, -0.2) is 9.07 Å². The van der Waals surface area contributed by atoms with Gasteiger partial charge < -0.3 is 4.98 Å². The molecule has 4 nitrogen and oxygen atoms in total. The van der Waals surface area contributed by atoms with E-state index in [1.807, 2.05) is 6.07 Å². The Balaban J connectivity index is 2.08. The lowest BCUT2D eigenvalue weighted by atomic mass is 10.1. The Kier molecular flexibility index (Phi) is 3.17. The van der Waals surface area contributed by atoms with Crippen molar-refractivity contribution in [3.63, 3.8) is 0 Å². The third-order valence-corrected chi connectivity index (χ3v) is 5.39. The second-order valence-electron chi connectivity index (χ2n) is 6.16. The fourth-order valence-corrected chi connectivity index (χ4v) is 3.96. The molecule has 0 atom stereocenters. The number of rotatable bonds is 0. The fraction of sp³-hybridized carbons (Fsp3) is 0. The van der Waals surface area contributed by atoms with Gasteiger partial charge in [0.1, 0.15) is 0 Å². The van der Waals surface area contributed by atoms with Gasteiger partial charge in [-0.05, 0) is 36.4 Å². The van der Waals surface area contributed by atoms with Crippen LogP contribution in [0.25, 0.3) is 43.6 Å². The van der Waals surface area contributed by atoms with Crippen LogP contribution in [0.3, 0.4) is 0 Å². The highest BCUT2D eigenvalue weighted by Gasteiger charge is 2.14. The zero-order chi connectivity index (χ0) is 18.0. The van der Waals surface area contributed by atoms with Crippen LogP contribution < -0.4 is 10.9 Å². The number of nitrogens with one attached hydrogen (secondary N) is 1. The summed E-state index contributed by atoms with van der Waals surface area (Å²) in [5.41, 5.74) is 1.91. The second kappa shape index (κ2) is 5.34. The first kappa shape index (κ1) is 15.4. The molecule has 2 heterocycles. The number of nitrogens with zero attached hydrogens (tertiary/aromatic N) is 1. The van der Waals surface area contributed by atoms with E-state index in [-0.39, 0.29) is 10.9 Å². The molecule has 1 N–H and O–H groups in total. The van der Waals surface area contributed by atoms with E-state index in [1.54, 1.807) is 48.5 Å². The Labute approximate surface area is 156 Å². The van der Waals surface area contributed by atoms with Gasteiger partial charge in [-0.15, -0.1) is 0 Å². The van der Waals surface area contributed by atoms with Gasteiger partial charge in [0.25, 0.3) is 0 Å². The SMILES string of the molecule is O=c1c2cc3c(cc2[nH]c2c(Cl)cccc12)c(=O)c1ccccc1n3Cl. The van der Waals surface area contributed by atoms with Gasteiger partial charge in [0, 0.05) is 33.3 Å². The molecule has 0 bridgehead atoms. The lowest BCUT2D eigenvalue weighted by molar-refractivity contribution is 1.36. The van der Waals surface area contributed by atoms with Crippen LogP contribution in [0.1, 0.15) is 0 Å². The van der Waals surface area contributed by atoms with Gasteiger partial charge in [0.05, 0.1) is 27.1 Å². The normalized spacial score (nSPS) is 11.8. The maximum Gasteiger partial charge on any atom is 0.197 e. The number of para-hydroxylation sites is 2. The molecule has 0 saturated heterocycles. The van der Waals surface area contributed by atoms with Crippen molar-refractivity contribution in [1.82, 2.24) is 9.07 Å². The predicted octanol–water partition coefficient (Wildman–Crippen LogP) is 4.80. The maximum absolute atomic E-state index is 12.9. The number of aromatic amines is 1. The van der Waals surface area contributed by atoms with Crippen molar-refractivity contribution in [3.05, 3.63) is 80.1 Å². The van der Waals surface area contributed by atoms with Crippen molar-refractivity contribution >= 4 is 67.0 Å². The van der Waals surface area contributed by atoms with Crippen molar-refractivity contribution in [3.8, 4) is 0 Å². The molecule has 5 aromatic rings. The molecule has 126 valence electrons. The molecule has 0 amide bonds. The van der Waals surface area contributed by atoms with E-state index in [0.717, 1.165) is 0 Å². The first-order valence-corrected chi connectivity index (χ1v) is 8.66. The molecule has 0 fully saturated rings. The lowest BCUT2D eigenvalue weighted by Gasteiger charge is -2.10. The summed E-state index contributed by atoms with van der Waals surface area (Å²) in [4.78, 5) is 29.0. The smallest absolute Gasteiger partial charge is 0.197 e. The first-order chi connectivity index (χ1) is 12.6. The number of hydrogen-bond donors (Lipinski definition) is 1. The lowest BCUT2D eigenvalue weighted by Crippen LogP contribution is -2.10. The minimum Gasteiger partial charge on any atom is -0.353 e. The number of pyridine rings is 2. The molecule has 3 aromatic carbocycles. The fourth-order valence-electron chi connectivity index (χ4n) is 3.46. The van der Waals surface area contributed by atoms with Crippen LogP contribution in [0.4, 0.5) is 0 Å².